The molecule has 0 bridgehead atoms. The minimum absolute atomic E-state index is 0.0263. The van der Waals surface area contributed by atoms with Gasteiger partial charge < -0.3 is 9.84 Å². The topological polar surface area (TPSA) is 78.9 Å². The zero-order chi connectivity index (χ0) is 17.1. The molecule has 1 aromatic rings. The van der Waals surface area contributed by atoms with Crippen LogP contribution in [0.4, 0.5) is 0 Å². The maximum atomic E-state index is 12.4. The van der Waals surface area contributed by atoms with E-state index in [1.807, 2.05) is 0 Å². The number of nitrogens with zero attached hydrogens (tertiary/aromatic N) is 1. The minimum Gasteiger partial charge on any atom is -0.503 e. The number of amides is 2. The van der Waals surface area contributed by atoms with Crippen LogP contribution in [-0.4, -0.2) is 40.6 Å². The molecule has 8 heteroatoms. The van der Waals surface area contributed by atoms with Crippen molar-refractivity contribution in [1.29, 1.82) is 0 Å². The molecule has 0 aliphatic carbocycles. The quantitative estimate of drug-likeness (QED) is 0.374. The molecule has 2 amide bonds. The molecule has 0 radical (unpaired) electrons. The van der Waals surface area contributed by atoms with Crippen molar-refractivity contribution in [3.8, 4) is 11.5 Å². The number of phenols is 1. The van der Waals surface area contributed by atoms with Crippen LogP contribution >= 0.6 is 23.8 Å². The molecule has 23 heavy (non-hydrogen) atoms. The summed E-state index contributed by atoms with van der Waals surface area (Å²) in [5, 5.41) is 12.2. The Kier molecular flexibility index (Phi) is 5.02. The second kappa shape index (κ2) is 6.80. The van der Waals surface area contributed by atoms with Crippen molar-refractivity contribution < 1.29 is 19.4 Å². The van der Waals surface area contributed by atoms with Gasteiger partial charge in [0.15, 0.2) is 16.6 Å². The Morgan fingerprint density at radius 2 is 2.17 bits per heavy atom. The summed E-state index contributed by atoms with van der Waals surface area (Å²) in [6.07, 6.45) is 2.85. The van der Waals surface area contributed by atoms with Gasteiger partial charge in [-0.05, 0) is 36.0 Å². The molecule has 2 N–H and O–H groups in total. The molecule has 1 heterocycles. The molecule has 0 spiro atoms. The van der Waals surface area contributed by atoms with Gasteiger partial charge in [-0.25, -0.2) is 0 Å². The van der Waals surface area contributed by atoms with Crippen LogP contribution in [0.3, 0.4) is 0 Å². The minimum atomic E-state index is -0.608. The normalized spacial score (nSPS) is 16.5. The number of rotatable bonds is 4. The van der Waals surface area contributed by atoms with E-state index >= 15 is 0 Å². The van der Waals surface area contributed by atoms with Crippen molar-refractivity contribution in [3.63, 3.8) is 0 Å². The number of carbonyl (C=O) groups is 2. The standard InChI is InChI=1S/C15H13ClN2O4S/c1-3-4-18-14(21)9(13(20)17-15(18)23)5-8-6-10(16)12(19)11(7-8)22-2/h3,5-7,19H,1,4H2,2H3,(H,17,20,23)/b9-5+. The predicted molar refractivity (Wildman–Crippen MR) is 90.3 cm³/mol. The highest BCUT2D eigenvalue weighted by Gasteiger charge is 2.32. The number of aromatic hydroxyl groups is 1. The van der Waals surface area contributed by atoms with Crippen LogP contribution in [0, 0.1) is 0 Å². The average molecular weight is 353 g/mol. The van der Waals surface area contributed by atoms with E-state index in [4.69, 9.17) is 28.6 Å². The van der Waals surface area contributed by atoms with Gasteiger partial charge in [-0.15, -0.1) is 6.58 Å². The first-order valence-electron chi connectivity index (χ1n) is 6.45. The summed E-state index contributed by atoms with van der Waals surface area (Å²) in [6.45, 7) is 3.72. The number of hydrogen-bond donors (Lipinski definition) is 2. The Labute approximate surface area is 143 Å². The zero-order valence-corrected chi connectivity index (χ0v) is 13.7. The van der Waals surface area contributed by atoms with Gasteiger partial charge in [0.2, 0.25) is 0 Å². The molecule has 1 aliphatic heterocycles. The summed E-state index contributed by atoms with van der Waals surface area (Å²) < 4.78 is 4.99. The number of carbonyl (C=O) groups excluding carboxylic acids is 2. The van der Waals surface area contributed by atoms with E-state index < -0.39 is 11.8 Å². The van der Waals surface area contributed by atoms with Crippen molar-refractivity contribution >= 4 is 46.8 Å². The summed E-state index contributed by atoms with van der Waals surface area (Å²) >= 11 is 10.9. The molecule has 2 rings (SSSR count). The van der Waals surface area contributed by atoms with Gasteiger partial charge in [0.25, 0.3) is 11.8 Å². The fraction of sp³-hybridized carbons (Fsp3) is 0.133. The molecule has 1 saturated heterocycles. The van der Waals surface area contributed by atoms with E-state index in [-0.39, 0.29) is 33.8 Å². The highest BCUT2D eigenvalue weighted by Crippen LogP contribution is 2.35. The monoisotopic (exact) mass is 352 g/mol. The van der Waals surface area contributed by atoms with E-state index in [0.29, 0.717) is 5.56 Å². The van der Waals surface area contributed by atoms with E-state index in [9.17, 15) is 14.7 Å². The average Bonchev–Trinajstić information content (AvgIpc) is 2.51. The highest BCUT2D eigenvalue weighted by molar-refractivity contribution is 7.80. The smallest absolute Gasteiger partial charge is 0.265 e. The lowest BCUT2D eigenvalue weighted by atomic mass is 10.1. The molecule has 1 fully saturated rings. The second-order valence-electron chi connectivity index (χ2n) is 4.58. The second-order valence-corrected chi connectivity index (χ2v) is 5.37. The number of thiocarbonyl (C=S) groups is 1. The van der Waals surface area contributed by atoms with Gasteiger partial charge in [-0.1, -0.05) is 17.7 Å². The fourth-order valence-corrected chi connectivity index (χ4v) is 2.46. The molecule has 120 valence electrons. The van der Waals surface area contributed by atoms with Crippen molar-refractivity contribution in [1.82, 2.24) is 10.2 Å². The number of nitrogens with one attached hydrogen (secondary N) is 1. The summed E-state index contributed by atoms with van der Waals surface area (Å²) in [4.78, 5) is 25.6. The van der Waals surface area contributed by atoms with Gasteiger partial charge in [-0.3, -0.25) is 19.8 Å². The predicted octanol–water partition coefficient (Wildman–Crippen LogP) is 1.87. The SMILES string of the molecule is C=CCN1C(=O)/C(=C/c2cc(Cl)c(O)c(OC)c2)C(=O)NC1=S. The molecule has 6 nitrogen and oxygen atoms in total. The third-order valence-electron chi connectivity index (χ3n) is 3.08. The Bertz CT molecular complexity index is 745. The Morgan fingerprint density at radius 1 is 1.48 bits per heavy atom. The van der Waals surface area contributed by atoms with Gasteiger partial charge in [0.05, 0.1) is 12.1 Å². The molecule has 0 atom stereocenters. The van der Waals surface area contributed by atoms with Crippen LogP contribution in [-0.2, 0) is 9.59 Å². The number of hydrogen-bond acceptors (Lipinski definition) is 5. The van der Waals surface area contributed by atoms with E-state index in [0.717, 1.165) is 0 Å². The van der Waals surface area contributed by atoms with Crippen LogP contribution in [0.5, 0.6) is 11.5 Å². The maximum absolute atomic E-state index is 12.4. The van der Waals surface area contributed by atoms with Gasteiger partial charge >= 0.3 is 0 Å². The summed E-state index contributed by atoms with van der Waals surface area (Å²) in [5.41, 5.74) is 0.318. The van der Waals surface area contributed by atoms with Crippen LogP contribution in [0.25, 0.3) is 6.08 Å². The third kappa shape index (κ3) is 3.35. The first kappa shape index (κ1) is 17.0. The van der Waals surface area contributed by atoms with E-state index in [2.05, 4.69) is 11.9 Å². The summed E-state index contributed by atoms with van der Waals surface area (Å²) in [7, 11) is 1.37. The highest BCUT2D eigenvalue weighted by atomic mass is 35.5. The summed E-state index contributed by atoms with van der Waals surface area (Å²) in [6, 6.07) is 2.87. The van der Waals surface area contributed by atoms with Crippen molar-refractivity contribution in [2.45, 2.75) is 0 Å². The first-order chi connectivity index (χ1) is 10.9. The molecular formula is C15H13ClN2O4S. The Balaban J connectivity index is 2.46. The molecule has 0 aromatic heterocycles. The Hall–Kier alpha value is -2.38. The van der Waals surface area contributed by atoms with Crippen LogP contribution < -0.4 is 10.1 Å². The van der Waals surface area contributed by atoms with Crippen LogP contribution in [0.2, 0.25) is 5.02 Å². The molecule has 0 unspecified atom stereocenters. The number of methoxy groups -OCH3 is 1. The lowest BCUT2D eigenvalue weighted by Crippen LogP contribution is -2.53. The van der Waals surface area contributed by atoms with Crippen LogP contribution in [0.1, 0.15) is 5.56 Å². The zero-order valence-electron chi connectivity index (χ0n) is 12.1. The van der Waals surface area contributed by atoms with Crippen molar-refractivity contribution in [2.24, 2.45) is 0 Å². The molecule has 1 aromatic carbocycles. The van der Waals surface area contributed by atoms with Gasteiger partial charge in [-0.2, -0.15) is 0 Å². The number of ether oxygens (including phenoxy) is 1. The third-order valence-corrected chi connectivity index (χ3v) is 3.69. The van der Waals surface area contributed by atoms with E-state index in [1.54, 1.807) is 0 Å². The van der Waals surface area contributed by atoms with Gasteiger partial charge in [0.1, 0.15) is 5.57 Å². The van der Waals surface area contributed by atoms with Crippen molar-refractivity contribution in [2.75, 3.05) is 13.7 Å². The van der Waals surface area contributed by atoms with Crippen LogP contribution in [0.15, 0.2) is 30.4 Å². The van der Waals surface area contributed by atoms with E-state index in [1.165, 1.54) is 36.3 Å². The number of benzene rings is 1. The molecular weight excluding hydrogens is 340 g/mol. The molecule has 1 aliphatic rings. The fourth-order valence-electron chi connectivity index (χ4n) is 1.99. The van der Waals surface area contributed by atoms with Crippen molar-refractivity contribution in [3.05, 3.63) is 40.9 Å². The maximum Gasteiger partial charge on any atom is 0.265 e. The lowest BCUT2D eigenvalue weighted by Gasteiger charge is -2.27. The first-order valence-corrected chi connectivity index (χ1v) is 7.24. The largest absolute Gasteiger partial charge is 0.503 e. The van der Waals surface area contributed by atoms with Gasteiger partial charge in [0, 0.05) is 6.54 Å². The number of phenolic OH excluding ortho intramolecular Hbond substituents is 1. The Morgan fingerprint density at radius 3 is 2.78 bits per heavy atom. The summed E-state index contributed by atoms with van der Waals surface area (Å²) in [5.74, 6) is -1.23. The molecule has 0 saturated carbocycles. The lowest BCUT2D eigenvalue weighted by molar-refractivity contribution is -0.128. The number of halogens is 1.